The Morgan fingerprint density at radius 1 is 0.872 bits per heavy atom. The van der Waals surface area contributed by atoms with Crippen molar-refractivity contribution in [2.45, 2.75) is 39.0 Å². The summed E-state index contributed by atoms with van der Waals surface area (Å²) >= 11 is 0. The topological polar surface area (TPSA) is 46.5 Å². The van der Waals surface area contributed by atoms with Crippen LogP contribution in [0.1, 0.15) is 43.7 Å². The van der Waals surface area contributed by atoms with Gasteiger partial charge in [0.2, 0.25) is 11.6 Å². The van der Waals surface area contributed by atoms with E-state index in [9.17, 15) is 36.2 Å². The highest BCUT2D eigenvalue weighted by molar-refractivity contribution is 5.78. The molecule has 39 heavy (non-hydrogen) atoms. The number of halogens is 6. The Bertz CT molecular complexity index is 1480. The van der Waals surface area contributed by atoms with E-state index in [0.29, 0.717) is 18.4 Å². The summed E-state index contributed by atoms with van der Waals surface area (Å²) in [6.07, 6.45) is 6.77. The summed E-state index contributed by atoms with van der Waals surface area (Å²) in [5.74, 6) is -11.5. The summed E-state index contributed by atoms with van der Waals surface area (Å²) in [5, 5.41) is 9.23. The zero-order valence-corrected chi connectivity index (χ0v) is 20.8. The van der Waals surface area contributed by atoms with Gasteiger partial charge in [-0.15, -0.1) is 0 Å². The Balaban J connectivity index is 1.46. The van der Waals surface area contributed by atoms with Crippen LogP contribution in [-0.4, -0.2) is 11.1 Å². The van der Waals surface area contributed by atoms with Crippen molar-refractivity contribution in [3.05, 3.63) is 101 Å². The van der Waals surface area contributed by atoms with Gasteiger partial charge in [0.05, 0.1) is 5.92 Å². The number of aryl methyl sites for hydroxylation is 1. The molecule has 0 aliphatic heterocycles. The van der Waals surface area contributed by atoms with E-state index in [4.69, 9.17) is 4.74 Å². The first-order valence-corrected chi connectivity index (χ1v) is 12.3. The van der Waals surface area contributed by atoms with Crippen molar-refractivity contribution in [3.63, 3.8) is 0 Å². The number of rotatable bonds is 7. The van der Waals surface area contributed by atoms with Crippen molar-refractivity contribution in [2.24, 2.45) is 5.92 Å². The van der Waals surface area contributed by atoms with E-state index in [1.54, 1.807) is 6.08 Å². The normalized spacial score (nSPS) is 15.5. The zero-order chi connectivity index (χ0) is 28.3. The molecule has 1 unspecified atom stereocenters. The fraction of sp³-hybridized carbons (Fsp3) is 0.233. The largest absolute Gasteiger partial charge is 0.505 e. The molecule has 0 saturated carbocycles. The Hall–Kier alpha value is -4.01. The predicted molar refractivity (Wildman–Crippen MR) is 134 cm³/mol. The SMILES string of the molecule is C/C=C/CCc1ccc(C2=CCC(C(=O)Oc3ccc(-c4ccc(O)c(F)c4F)c(F)c3F)CC2)c(F)c1F. The molecule has 3 aromatic carbocycles. The minimum absolute atomic E-state index is 0.107. The van der Waals surface area contributed by atoms with Gasteiger partial charge in [-0.25, -0.2) is 17.6 Å². The van der Waals surface area contributed by atoms with Gasteiger partial charge in [-0.2, -0.15) is 8.78 Å². The molecule has 0 radical (unpaired) electrons. The number of phenols is 1. The predicted octanol–water partition coefficient (Wildman–Crippen LogP) is 8.19. The number of phenolic OH excluding ortho intramolecular Hbond substituents is 1. The lowest BCUT2D eigenvalue weighted by atomic mass is 9.86. The van der Waals surface area contributed by atoms with Crippen LogP contribution in [-0.2, 0) is 11.2 Å². The van der Waals surface area contributed by atoms with E-state index in [1.807, 2.05) is 19.1 Å². The fourth-order valence-electron chi connectivity index (χ4n) is 4.49. The highest BCUT2D eigenvalue weighted by atomic mass is 19.2. The third-order valence-corrected chi connectivity index (χ3v) is 6.68. The van der Waals surface area contributed by atoms with E-state index in [-0.39, 0.29) is 30.4 Å². The molecule has 9 heteroatoms. The summed E-state index contributed by atoms with van der Waals surface area (Å²) in [5.41, 5.74) is -0.350. The summed E-state index contributed by atoms with van der Waals surface area (Å²) < 4.78 is 91.5. The van der Waals surface area contributed by atoms with Crippen LogP contribution in [0.2, 0.25) is 0 Å². The third-order valence-electron chi connectivity index (χ3n) is 6.68. The number of aromatic hydroxyl groups is 1. The molecular weight excluding hydrogens is 522 g/mol. The Morgan fingerprint density at radius 2 is 1.51 bits per heavy atom. The minimum atomic E-state index is -1.62. The number of benzene rings is 3. The third kappa shape index (κ3) is 5.72. The summed E-state index contributed by atoms with van der Waals surface area (Å²) in [7, 11) is 0. The lowest BCUT2D eigenvalue weighted by Gasteiger charge is -2.21. The first-order chi connectivity index (χ1) is 18.6. The van der Waals surface area contributed by atoms with E-state index < -0.39 is 69.4 Å². The molecule has 0 spiro atoms. The Labute approximate surface area is 221 Å². The van der Waals surface area contributed by atoms with Gasteiger partial charge in [0.15, 0.2) is 34.8 Å². The molecule has 4 rings (SSSR count). The van der Waals surface area contributed by atoms with Crippen LogP contribution in [0, 0.1) is 40.8 Å². The van der Waals surface area contributed by atoms with Crippen LogP contribution in [0.25, 0.3) is 16.7 Å². The number of ether oxygens (including phenoxy) is 1. The smallest absolute Gasteiger partial charge is 0.314 e. The molecule has 0 amide bonds. The highest BCUT2D eigenvalue weighted by Crippen LogP contribution is 2.36. The summed E-state index contributed by atoms with van der Waals surface area (Å²) in [6, 6.07) is 6.57. The average molecular weight is 547 g/mol. The van der Waals surface area contributed by atoms with E-state index in [2.05, 4.69) is 0 Å². The number of allylic oxidation sites excluding steroid dienone is 4. The number of carbonyl (C=O) groups excluding carboxylic acids is 1. The van der Waals surface area contributed by atoms with Crippen molar-refractivity contribution in [1.29, 1.82) is 0 Å². The molecule has 1 aliphatic rings. The summed E-state index contributed by atoms with van der Waals surface area (Å²) in [6.45, 7) is 1.84. The van der Waals surface area contributed by atoms with Gasteiger partial charge in [-0.1, -0.05) is 30.4 Å². The molecule has 1 N–H and O–H groups in total. The van der Waals surface area contributed by atoms with Crippen LogP contribution < -0.4 is 4.74 Å². The maximum Gasteiger partial charge on any atom is 0.314 e. The summed E-state index contributed by atoms with van der Waals surface area (Å²) in [4.78, 5) is 12.6. The molecule has 3 aromatic rings. The van der Waals surface area contributed by atoms with Crippen molar-refractivity contribution < 1.29 is 41.0 Å². The highest BCUT2D eigenvalue weighted by Gasteiger charge is 2.28. The van der Waals surface area contributed by atoms with E-state index >= 15 is 0 Å². The van der Waals surface area contributed by atoms with Crippen LogP contribution >= 0.6 is 0 Å². The lowest BCUT2D eigenvalue weighted by molar-refractivity contribution is -0.139. The van der Waals surface area contributed by atoms with Gasteiger partial charge in [0, 0.05) is 16.7 Å². The maximum absolute atomic E-state index is 14.7. The van der Waals surface area contributed by atoms with Crippen LogP contribution in [0.15, 0.2) is 54.6 Å². The van der Waals surface area contributed by atoms with Gasteiger partial charge in [-0.3, -0.25) is 4.79 Å². The van der Waals surface area contributed by atoms with Gasteiger partial charge in [0.25, 0.3) is 0 Å². The minimum Gasteiger partial charge on any atom is -0.505 e. The molecule has 0 aromatic heterocycles. The number of carbonyl (C=O) groups is 1. The van der Waals surface area contributed by atoms with Gasteiger partial charge in [0.1, 0.15) is 0 Å². The molecule has 0 saturated heterocycles. The first-order valence-electron chi connectivity index (χ1n) is 12.3. The molecule has 204 valence electrons. The van der Waals surface area contributed by atoms with Crippen molar-refractivity contribution in [2.75, 3.05) is 0 Å². The molecule has 3 nitrogen and oxygen atoms in total. The van der Waals surface area contributed by atoms with Crippen molar-refractivity contribution in [3.8, 4) is 22.6 Å². The zero-order valence-electron chi connectivity index (χ0n) is 20.8. The Morgan fingerprint density at radius 3 is 2.18 bits per heavy atom. The fourth-order valence-corrected chi connectivity index (χ4v) is 4.49. The molecule has 0 bridgehead atoms. The van der Waals surface area contributed by atoms with Gasteiger partial charge < -0.3 is 9.84 Å². The molecular formula is C30H24F6O3. The molecule has 1 aliphatic carbocycles. The monoisotopic (exact) mass is 546 g/mol. The molecule has 0 fully saturated rings. The van der Waals surface area contributed by atoms with Crippen LogP contribution in [0.5, 0.6) is 11.5 Å². The van der Waals surface area contributed by atoms with Crippen LogP contribution in [0.3, 0.4) is 0 Å². The maximum atomic E-state index is 14.7. The Kier molecular flexibility index (Phi) is 8.47. The van der Waals surface area contributed by atoms with Crippen molar-refractivity contribution in [1.82, 2.24) is 0 Å². The van der Waals surface area contributed by atoms with Crippen LogP contribution in [0.4, 0.5) is 26.3 Å². The molecule has 1 atom stereocenters. The van der Waals surface area contributed by atoms with E-state index in [0.717, 1.165) is 24.3 Å². The second kappa shape index (κ2) is 11.8. The number of hydrogen-bond donors (Lipinski definition) is 1. The molecule has 0 heterocycles. The second-order valence-corrected chi connectivity index (χ2v) is 9.13. The first kappa shape index (κ1) is 28.0. The van der Waals surface area contributed by atoms with Gasteiger partial charge >= 0.3 is 5.97 Å². The second-order valence-electron chi connectivity index (χ2n) is 9.13. The number of esters is 1. The average Bonchev–Trinajstić information content (AvgIpc) is 2.93. The lowest BCUT2D eigenvalue weighted by Crippen LogP contribution is -2.23. The number of hydrogen-bond acceptors (Lipinski definition) is 3. The van der Waals surface area contributed by atoms with Crippen molar-refractivity contribution >= 4 is 11.5 Å². The van der Waals surface area contributed by atoms with E-state index in [1.165, 1.54) is 12.1 Å². The van der Waals surface area contributed by atoms with Gasteiger partial charge in [-0.05, 0) is 74.4 Å². The quantitative estimate of drug-likeness (QED) is 0.141. The standard InChI is InChI=1S/C30H24F6O3/c1-2-3-4-5-17-10-11-19(25(32)24(17)31)16-6-8-18(9-7-16)30(38)39-23-15-13-21(27(34)29(23)36)20-12-14-22(37)28(35)26(20)33/h2-3,6,10-15,18,37H,4-5,7-9H2,1H3/b3-2+.